The van der Waals surface area contributed by atoms with Crippen LogP contribution in [0.25, 0.3) is 17.1 Å². The largest absolute Gasteiger partial charge is 0.449 e. The minimum absolute atomic E-state index is 0.0536. The molecule has 0 amide bonds. The predicted octanol–water partition coefficient (Wildman–Crippen LogP) is 4.34. The molecule has 4 aromatic rings. The van der Waals surface area contributed by atoms with E-state index in [4.69, 9.17) is 20.9 Å². The molecule has 0 N–H and O–H groups in total. The molecule has 30 heavy (non-hydrogen) atoms. The Balaban J connectivity index is 1.54. The van der Waals surface area contributed by atoms with E-state index in [1.54, 1.807) is 38.4 Å². The van der Waals surface area contributed by atoms with Crippen molar-refractivity contribution in [1.82, 2.24) is 24.9 Å². The van der Waals surface area contributed by atoms with Crippen molar-refractivity contribution in [2.24, 2.45) is 0 Å². The van der Waals surface area contributed by atoms with Gasteiger partial charge in [-0.25, -0.2) is 13.9 Å². The number of aryl methyl sites for hydroxylation is 1. The minimum Gasteiger partial charge on any atom is -0.449 e. The van der Waals surface area contributed by atoms with Crippen LogP contribution < -0.4 is 0 Å². The zero-order chi connectivity index (χ0) is 21.3. The summed E-state index contributed by atoms with van der Waals surface area (Å²) in [7, 11) is 0. The van der Waals surface area contributed by atoms with Crippen LogP contribution in [0.15, 0.2) is 53.3 Å². The van der Waals surface area contributed by atoms with E-state index in [2.05, 4.69) is 20.2 Å². The lowest BCUT2D eigenvalue weighted by molar-refractivity contribution is 0.0265. The summed E-state index contributed by atoms with van der Waals surface area (Å²) in [6.45, 7) is 3.23. The van der Waals surface area contributed by atoms with E-state index in [0.29, 0.717) is 22.8 Å². The van der Waals surface area contributed by atoms with E-state index >= 15 is 0 Å². The van der Waals surface area contributed by atoms with Gasteiger partial charge in [-0.05, 0) is 50.2 Å². The summed E-state index contributed by atoms with van der Waals surface area (Å²) in [4.78, 5) is 21.0. The average Bonchev–Trinajstić information content (AvgIpc) is 3.34. The Kier molecular flexibility index (Phi) is 5.28. The normalized spacial score (nSPS) is 12.0. The van der Waals surface area contributed by atoms with E-state index in [-0.39, 0.29) is 16.6 Å². The minimum atomic E-state index is -0.819. The van der Waals surface area contributed by atoms with Gasteiger partial charge in [0.05, 0.1) is 11.4 Å². The first-order valence-corrected chi connectivity index (χ1v) is 9.28. The number of rotatable bonds is 5. The molecule has 0 saturated heterocycles. The van der Waals surface area contributed by atoms with Gasteiger partial charge < -0.3 is 9.26 Å². The van der Waals surface area contributed by atoms with Crippen LogP contribution in [0.5, 0.6) is 0 Å². The van der Waals surface area contributed by atoms with E-state index in [0.717, 1.165) is 0 Å². The molecule has 10 heteroatoms. The topological polar surface area (TPSA) is 95.9 Å². The van der Waals surface area contributed by atoms with Crippen molar-refractivity contribution >= 4 is 17.6 Å². The van der Waals surface area contributed by atoms with Crippen LogP contribution in [-0.2, 0) is 4.74 Å². The summed E-state index contributed by atoms with van der Waals surface area (Å²) in [5.74, 6) is -0.627. The maximum atomic E-state index is 13.2. The summed E-state index contributed by atoms with van der Waals surface area (Å²) in [6.07, 6.45) is 2.41. The number of benzene rings is 1. The number of halogens is 2. The standard InChI is InChI=1S/C20H15ClFN5O3/c1-11-16(17(21)27(25-11)15-7-5-14(22)6-8-15)20(28)29-12(2)19-24-18(26-30-19)13-4-3-9-23-10-13/h3-10,12H,1-2H3. The number of esters is 1. The third-order valence-corrected chi connectivity index (χ3v) is 4.62. The summed E-state index contributed by atoms with van der Waals surface area (Å²) in [5, 5.41) is 8.19. The van der Waals surface area contributed by atoms with Gasteiger partial charge in [-0.1, -0.05) is 16.8 Å². The zero-order valence-corrected chi connectivity index (χ0v) is 16.7. The van der Waals surface area contributed by atoms with E-state index in [1.807, 2.05) is 0 Å². The Bertz CT molecular complexity index is 1190. The monoisotopic (exact) mass is 427 g/mol. The molecule has 3 aromatic heterocycles. The number of carbonyl (C=O) groups excluding carboxylic acids is 1. The van der Waals surface area contributed by atoms with E-state index < -0.39 is 17.9 Å². The molecule has 0 aliphatic carbocycles. The quantitative estimate of drug-likeness (QED) is 0.437. The van der Waals surface area contributed by atoms with Gasteiger partial charge >= 0.3 is 5.97 Å². The fraction of sp³-hybridized carbons (Fsp3) is 0.150. The Morgan fingerprint density at radius 2 is 2.03 bits per heavy atom. The molecule has 152 valence electrons. The highest BCUT2D eigenvalue weighted by Crippen LogP contribution is 2.27. The van der Waals surface area contributed by atoms with Crippen LogP contribution in [-0.4, -0.2) is 30.9 Å². The number of hydrogen-bond acceptors (Lipinski definition) is 7. The van der Waals surface area contributed by atoms with Crippen LogP contribution in [0.4, 0.5) is 4.39 Å². The molecule has 1 unspecified atom stereocenters. The second kappa shape index (κ2) is 8.03. The molecule has 0 aliphatic rings. The van der Waals surface area contributed by atoms with E-state index in [1.165, 1.54) is 28.9 Å². The first-order chi connectivity index (χ1) is 14.4. The van der Waals surface area contributed by atoms with Crippen LogP contribution in [0.2, 0.25) is 5.15 Å². The van der Waals surface area contributed by atoms with Crippen molar-refractivity contribution in [2.45, 2.75) is 20.0 Å². The van der Waals surface area contributed by atoms with Gasteiger partial charge in [0.15, 0.2) is 6.10 Å². The predicted molar refractivity (Wildman–Crippen MR) is 105 cm³/mol. The second-order valence-corrected chi connectivity index (χ2v) is 6.74. The third-order valence-electron chi connectivity index (χ3n) is 4.27. The van der Waals surface area contributed by atoms with Gasteiger partial charge in [0.2, 0.25) is 5.82 Å². The van der Waals surface area contributed by atoms with Gasteiger partial charge in [0.25, 0.3) is 5.89 Å². The van der Waals surface area contributed by atoms with Gasteiger partial charge in [-0.2, -0.15) is 10.1 Å². The molecule has 8 nitrogen and oxygen atoms in total. The van der Waals surface area contributed by atoms with Crippen LogP contribution in [0, 0.1) is 12.7 Å². The molecule has 0 bridgehead atoms. The molecular formula is C20H15ClFN5O3. The zero-order valence-electron chi connectivity index (χ0n) is 15.9. The van der Waals surface area contributed by atoms with Gasteiger partial charge in [0, 0.05) is 18.0 Å². The van der Waals surface area contributed by atoms with Gasteiger partial charge in [0.1, 0.15) is 16.5 Å². The average molecular weight is 428 g/mol. The molecule has 0 fully saturated rings. The molecule has 4 rings (SSSR count). The number of hydrogen-bond donors (Lipinski definition) is 0. The van der Waals surface area contributed by atoms with E-state index in [9.17, 15) is 9.18 Å². The van der Waals surface area contributed by atoms with Crippen LogP contribution in [0.1, 0.15) is 35.0 Å². The van der Waals surface area contributed by atoms with Crippen molar-refractivity contribution < 1.29 is 18.4 Å². The lowest BCUT2D eigenvalue weighted by atomic mass is 10.2. The fourth-order valence-electron chi connectivity index (χ4n) is 2.77. The highest BCUT2D eigenvalue weighted by atomic mass is 35.5. The third kappa shape index (κ3) is 3.79. The Morgan fingerprint density at radius 3 is 2.73 bits per heavy atom. The smallest absolute Gasteiger partial charge is 0.344 e. The van der Waals surface area contributed by atoms with Crippen molar-refractivity contribution in [3.8, 4) is 17.1 Å². The molecule has 0 saturated carbocycles. The highest BCUT2D eigenvalue weighted by molar-refractivity contribution is 6.33. The lowest BCUT2D eigenvalue weighted by Gasteiger charge is -2.09. The number of aromatic nitrogens is 5. The highest BCUT2D eigenvalue weighted by Gasteiger charge is 2.26. The van der Waals surface area contributed by atoms with Crippen molar-refractivity contribution in [1.29, 1.82) is 0 Å². The second-order valence-electron chi connectivity index (χ2n) is 6.38. The number of nitrogens with zero attached hydrogens (tertiary/aromatic N) is 5. The molecule has 0 spiro atoms. The Hall–Kier alpha value is -3.59. The first-order valence-electron chi connectivity index (χ1n) is 8.90. The Labute approximate surface area is 175 Å². The summed E-state index contributed by atoms with van der Waals surface area (Å²) < 4.78 is 25.2. The molecule has 0 aliphatic heterocycles. The van der Waals surface area contributed by atoms with Crippen molar-refractivity contribution in [3.63, 3.8) is 0 Å². The van der Waals surface area contributed by atoms with Crippen LogP contribution >= 0.6 is 11.6 Å². The molecule has 0 radical (unpaired) electrons. The maximum Gasteiger partial charge on any atom is 0.344 e. The van der Waals surface area contributed by atoms with Gasteiger partial charge in [-0.3, -0.25) is 4.98 Å². The number of carbonyl (C=O) groups is 1. The number of ether oxygens (including phenoxy) is 1. The maximum absolute atomic E-state index is 13.2. The lowest BCUT2D eigenvalue weighted by Crippen LogP contribution is -2.10. The first kappa shape index (κ1) is 19.7. The summed E-state index contributed by atoms with van der Waals surface area (Å²) in [5.41, 5.74) is 1.64. The summed E-state index contributed by atoms with van der Waals surface area (Å²) in [6, 6.07) is 9.09. The summed E-state index contributed by atoms with van der Waals surface area (Å²) >= 11 is 6.36. The molecular weight excluding hydrogens is 413 g/mol. The molecule has 1 aromatic carbocycles. The molecule has 3 heterocycles. The van der Waals surface area contributed by atoms with Crippen molar-refractivity contribution in [3.05, 3.63) is 76.9 Å². The SMILES string of the molecule is Cc1nn(-c2ccc(F)cc2)c(Cl)c1C(=O)OC(C)c1nc(-c2cccnc2)no1. The Morgan fingerprint density at radius 1 is 1.27 bits per heavy atom. The number of pyridine rings is 1. The van der Waals surface area contributed by atoms with Gasteiger partial charge in [-0.15, -0.1) is 0 Å². The van der Waals surface area contributed by atoms with Crippen molar-refractivity contribution in [2.75, 3.05) is 0 Å². The fourth-order valence-corrected chi connectivity index (χ4v) is 3.12. The van der Waals surface area contributed by atoms with Crippen LogP contribution in [0.3, 0.4) is 0 Å². The molecule has 1 atom stereocenters.